The van der Waals surface area contributed by atoms with E-state index in [4.69, 9.17) is 0 Å². The van der Waals surface area contributed by atoms with Gasteiger partial charge < -0.3 is 9.80 Å². The second-order valence-corrected chi connectivity index (χ2v) is 5.42. The van der Waals surface area contributed by atoms with Crippen LogP contribution in [0.3, 0.4) is 0 Å². The maximum absolute atomic E-state index is 11.7. The van der Waals surface area contributed by atoms with Gasteiger partial charge in [0.2, 0.25) is 0 Å². The number of aryl methyl sites for hydroxylation is 1. The number of Topliss-reactive ketones (excluding diaryl/α,β-unsaturated/α-hetero) is 1. The van der Waals surface area contributed by atoms with E-state index in [0.717, 1.165) is 30.6 Å². The molecule has 0 aliphatic carbocycles. The number of carbonyl (C=O) groups excluding carboxylic acids is 1. The summed E-state index contributed by atoms with van der Waals surface area (Å²) in [5.41, 5.74) is 4.34. The Kier molecular flexibility index (Phi) is 5.55. The molecule has 0 saturated heterocycles. The first kappa shape index (κ1) is 15.7. The maximum Gasteiger partial charge on any atom is 0.160 e. The summed E-state index contributed by atoms with van der Waals surface area (Å²) in [5, 5.41) is 0. The summed E-state index contributed by atoms with van der Waals surface area (Å²) in [6.07, 6.45) is 0.953. The molecule has 0 aromatic heterocycles. The predicted molar refractivity (Wildman–Crippen MR) is 82.4 cm³/mol. The van der Waals surface area contributed by atoms with Crippen molar-refractivity contribution in [2.45, 2.75) is 27.2 Å². The molecule has 3 nitrogen and oxygen atoms in total. The molecule has 0 amide bonds. The van der Waals surface area contributed by atoms with Gasteiger partial charge in [-0.25, -0.2) is 0 Å². The topological polar surface area (TPSA) is 23.6 Å². The first-order valence-electron chi connectivity index (χ1n) is 6.87. The molecule has 0 aliphatic heterocycles. The first-order valence-corrected chi connectivity index (χ1v) is 6.87. The van der Waals surface area contributed by atoms with E-state index in [-0.39, 0.29) is 5.78 Å². The van der Waals surface area contributed by atoms with Crippen LogP contribution in [0.2, 0.25) is 0 Å². The van der Waals surface area contributed by atoms with Crippen molar-refractivity contribution in [2.24, 2.45) is 0 Å². The predicted octanol–water partition coefficient (Wildman–Crippen LogP) is 2.76. The maximum atomic E-state index is 11.7. The average Bonchev–Trinajstić information content (AvgIpc) is 2.35. The Bertz CT molecular complexity index is 452. The number of hydrogen-bond acceptors (Lipinski definition) is 3. The van der Waals surface area contributed by atoms with Crippen LogP contribution in [0.15, 0.2) is 12.1 Å². The lowest BCUT2D eigenvalue weighted by atomic mass is 9.98. The number of anilines is 1. The Hall–Kier alpha value is -1.35. The zero-order valence-electron chi connectivity index (χ0n) is 13.1. The number of hydrogen-bond donors (Lipinski definition) is 0. The third-order valence-corrected chi connectivity index (χ3v) is 3.52. The SMILES string of the molecule is CCc1cc(C(C)=O)c(C)c(N(C)CCN(C)C)c1. The molecule has 3 heteroatoms. The van der Waals surface area contributed by atoms with Crippen LogP contribution in [0.4, 0.5) is 5.69 Å². The molecule has 0 heterocycles. The van der Waals surface area contributed by atoms with Crippen LogP contribution in [-0.4, -0.2) is 44.9 Å². The number of carbonyl (C=O) groups is 1. The molecule has 0 atom stereocenters. The molecule has 0 saturated carbocycles. The lowest BCUT2D eigenvalue weighted by Crippen LogP contribution is -2.29. The van der Waals surface area contributed by atoms with Crippen LogP contribution in [-0.2, 0) is 6.42 Å². The highest BCUT2D eigenvalue weighted by Crippen LogP contribution is 2.25. The van der Waals surface area contributed by atoms with Crippen LogP contribution < -0.4 is 4.90 Å². The van der Waals surface area contributed by atoms with Gasteiger partial charge in [-0.2, -0.15) is 0 Å². The van der Waals surface area contributed by atoms with Crippen molar-refractivity contribution in [3.8, 4) is 0 Å². The van der Waals surface area contributed by atoms with E-state index in [2.05, 4.69) is 43.9 Å². The molecule has 0 radical (unpaired) electrons. The van der Waals surface area contributed by atoms with Crippen molar-refractivity contribution in [1.29, 1.82) is 0 Å². The summed E-state index contributed by atoms with van der Waals surface area (Å²) in [6.45, 7) is 7.77. The normalized spacial score (nSPS) is 10.9. The minimum atomic E-state index is 0.148. The fraction of sp³-hybridized carbons (Fsp3) is 0.562. The molecule has 1 rings (SSSR count). The van der Waals surface area contributed by atoms with Crippen molar-refractivity contribution in [2.75, 3.05) is 39.1 Å². The highest BCUT2D eigenvalue weighted by Gasteiger charge is 2.13. The van der Waals surface area contributed by atoms with E-state index in [1.807, 2.05) is 13.0 Å². The lowest BCUT2D eigenvalue weighted by Gasteiger charge is -2.25. The standard InChI is InChI=1S/C16H26N2O/c1-7-14-10-15(13(3)19)12(2)16(11-14)18(6)9-8-17(4)5/h10-11H,7-9H2,1-6H3. The Morgan fingerprint density at radius 1 is 1.16 bits per heavy atom. The van der Waals surface area contributed by atoms with Crippen molar-refractivity contribution in [1.82, 2.24) is 4.90 Å². The van der Waals surface area contributed by atoms with Gasteiger partial charge in [-0.05, 0) is 57.6 Å². The summed E-state index contributed by atoms with van der Waals surface area (Å²) >= 11 is 0. The van der Waals surface area contributed by atoms with Crippen molar-refractivity contribution in [3.05, 3.63) is 28.8 Å². The van der Waals surface area contributed by atoms with Gasteiger partial charge in [-0.1, -0.05) is 6.92 Å². The van der Waals surface area contributed by atoms with Crippen molar-refractivity contribution in [3.63, 3.8) is 0 Å². The minimum Gasteiger partial charge on any atom is -0.373 e. The van der Waals surface area contributed by atoms with Gasteiger partial charge in [0.1, 0.15) is 0 Å². The smallest absolute Gasteiger partial charge is 0.160 e. The van der Waals surface area contributed by atoms with Gasteiger partial charge in [0.25, 0.3) is 0 Å². The van der Waals surface area contributed by atoms with Crippen LogP contribution in [0.1, 0.15) is 35.3 Å². The second-order valence-electron chi connectivity index (χ2n) is 5.42. The first-order chi connectivity index (χ1) is 8.86. The van der Waals surface area contributed by atoms with Gasteiger partial charge in [-0.3, -0.25) is 4.79 Å². The van der Waals surface area contributed by atoms with E-state index >= 15 is 0 Å². The number of benzene rings is 1. The fourth-order valence-electron chi connectivity index (χ4n) is 2.19. The van der Waals surface area contributed by atoms with Crippen LogP contribution >= 0.6 is 0 Å². The molecule has 0 fully saturated rings. The molecule has 0 aliphatic rings. The summed E-state index contributed by atoms with van der Waals surface area (Å²) in [7, 11) is 6.24. The van der Waals surface area contributed by atoms with E-state index in [9.17, 15) is 4.79 Å². The fourth-order valence-corrected chi connectivity index (χ4v) is 2.19. The highest BCUT2D eigenvalue weighted by atomic mass is 16.1. The summed E-state index contributed by atoms with van der Waals surface area (Å²) < 4.78 is 0. The average molecular weight is 262 g/mol. The van der Waals surface area contributed by atoms with Gasteiger partial charge in [0.15, 0.2) is 5.78 Å². The molecule has 1 aromatic rings. The van der Waals surface area contributed by atoms with E-state index < -0.39 is 0 Å². The summed E-state index contributed by atoms with van der Waals surface area (Å²) in [4.78, 5) is 16.2. The van der Waals surface area contributed by atoms with Gasteiger partial charge in [0, 0.05) is 31.4 Å². The minimum absolute atomic E-state index is 0.148. The Morgan fingerprint density at radius 3 is 2.26 bits per heavy atom. The number of likely N-dealkylation sites (N-methyl/N-ethyl adjacent to an activating group) is 2. The van der Waals surface area contributed by atoms with Gasteiger partial charge >= 0.3 is 0 Å². The van der Waals surface area contributed by atoms with Crippen molar-refractivity contribution < 1.29 is 4.79 Å². The second kappa shape index (κ2) is 6.71. The van der Waals surface area contributed by atoms with Crippen LogP contribution in [0.25, 0.3) is 0 Å². The number of ketones is 1. The highest BCUT2D eigenvalue weighted by molar-refractivity contribution is 5.97. The Balaban J connectivity index is 3.11. The molecule has 0 spiro atoms. The van der Waals surface area contributed by atoms with E-state index in [0.29, 0.717) is 0 Å². The molecule has 1 aromatic carbocycles. The number of rotatable bonds is 6. The third-order valence-electron chi connectivity index (χ3n) is 3.52. The summed E-state index contributed by atoms with van der Waals surface area (Å²) in [5.74, 6) is 0.148. The molecule has 0 N–H and O–H groups in total. The largest absolute Gasteiger partial charge is 0.373 e. The number of nitrogens with zero attached hydrogens (tertiary/aromatic N) is 2. The lowest BCUT2D eigenvalue weighted by molar-refractivity contribution is 0.101. The molecule has 0 bridgehead atoms. The van der Waals surface area contributed by atoms with E-state index in [1.165, 1.54) is 11.3 Å². The zero-order valence-corrected chi connectivity index (χ0v) is 13.1. The molecule has 0 unspecified atom stereocenters. The van der Waals surface area contributed by atoms with Crippen molar-refractivity contribution >= 4 is 11.5 Å². The Morgan fingerprint density at radius 2 is 1.79 bits per heavy atom. The Labute approximate surface area is 117 Å². The van der Waals surface area contributed by atoms with E-state index in [1.54, 1.807) is 6.92 Å². The molecule has 106 valence electrons. The molecular formula is C16H26N2O. The quantitative estimate of drug-likeness (QED) is 0.737. The van der Waals surface area contributed by atoms with Crippen LogP contribution in [0.5, 0.6) is 0 Å². The van der Waals surface area contributed by atoms with Crippen LogP contribution in [0, 0.1) is 6.92 Å². The molecule has 19 heavy (non-hydrogen) atoms. The monoisotopic (exact) mass is 262 g/mol. The zero-order chi connectivity index (χ0) is 14.6. The molecular weight excluding hydrogens is 236 g/mol. The summed E-state index contributed by atoms with van der Waals surface area (Å²) in [6, 6.07) is 4.23. The van der Waals surface area contributed by atoms with Gasteiger partial charge in [-0.15, -0.1) is 0 Å². The van der Waals surface area contributed by atoms with Gasteiger partial charge in [0.05, 0.1) is 0 Å². The third kappa shape index (κ3) is 4.06.